The van der Waals surface area contributed by atoms with Gasteiger partial charge in [-0.2, -0.15) is 0 Å². The summed E-state index contributed by atoms with van der Waals surface area (Å²) in [5.74, 6) is 0.742. The summed E-state index contributed by atoms with van der Waals surface area (Å²) < 4.78 is 13.9. The maximum absolute atomic E-state index is 13.9. The van der Waals surface area contributed by atoms with Crippen LogP contribution in [-0.4, -0.2) is 13.1 Å². The minimum atomic E-state index is -0.193. The lowest BCUT2D eigenvalue weighted by Crippen LogP contribution is -2.31. The van der Waals surface area contributed by atoms with Gasteiger partial charge >= 0.3 is 0 Å². The molecular formula is C14H21ClFN. The molecule has 0 fully saturated rings. The van der Waals surface area contributed by atoms with Gasteiger partial charge in [-0.15, -0.1) is 11.6 Å². The van der Waals surface area contributed by atoms with E-state index in [9.17, 15) is 4.39 Å². The highest BCUT2D eigenvalue weighted by atomic mass is 35.5. The predicted molar refractivity (Wildman–Crippen MR) is 73.3 cm³/mol. The number of benzene rings is 1. The lowest BCUT2D eigenvalue weighted by molar-refractivity contribution is 0.497. The normalized spacial score (nSPS) is 12.9. The molecular weight excluding hydrogens is 237 g/mol. The Balaban J connectivity index is 2.98. The highest BCUT2D eigenvalue weighted by Gasteiger charge is 2.17. The number of anilines is 1. The first-order chi connectivity index (χ1) is 7.97. The van der Waals surface area contributed by atoms with Crippen LogP contribution in [0.4, 0.5) is 10.1 Å². The molecule has 1 aromatic carbocycles. The molecule has 0 N–H and O–H groups in total. The molecule has 3 heteroatoms. The Kier molecular flexibility index (Phi) is 5.26. The number of rotatable bonds is 5. The van der Waals surface area contributed by atoms with Crippen LogP contribution in [0.15, 0.2) is 18.2 Å². The number of hydrogen-bond acceptors (Lipinski definition) is 1. The molecule has 0 amide bonds. The first-order valence-electron chi connectivity index (χ1n) is 6.03. The van der Waals surface area contributed by atoms with Crippen LogP contribution in [0.5, 0.6) is 0 Å². The molecule has 0 aliphatic carbocycles. The zero-order chi connectivity index (χ0) is 13.0. The molecule has 1 aromatic rings. The van der Waals surface area contributed by atoms with E-state index in [4.69, 9.17) is 11.6 Å². The smallest absolute Gasteiger partial charge is 0.146 e. The van der Waals surface area contributed by atoms with Gasteiger partial charge in [-0.3, -0.25) is 0 Å². The van der Waals surface area contributed by atoms with Crippen molar-refractivity contribution in [2.45, 2.75) is 39.1 Å². The maximum atomic E-state index is 13.9. The van der Waals surface area contributed by atoms with Crippen molar-refractivity contribution in [3.8, 4) is 0 Å². The van der Waals surface area contributed by atoms with Gasteiger partial charge in [0.1, 0.15) is 5.82 Å². The Bertz CT molecular complexity index is 365. The van der Waals surface area contributed by atoms with Crippen LogP contribution in [0.25, 0.3) is 0 Å². The van der Waals surface area contributed by atoms with Crippen molar-refractivity contribution in [3.05, 3.63) is 29.6 Å². The lowest BCUT2D eigenvalue weighted by Gasteiger charge is -2.30. The third kappa shape index (κ3) is 3.60. The van der Waals surface area contributed by atoms with Gasteiger partial charge in [0, 0.05) is 19.0 Å². The van der Waals surface area contributed by atoms with Gasteiger partial charge in [-0.1, -0.05) is 26.0 Å². The number of alkyl halides is 1. The SMILES string of the molecule is CC(C)CC(C)N(C)c1c(F)cccc1CCl. The molecule has 0 aliphatic rings. The van der Waals surface area contributed by atoms with Gasteiger partial charge in [0.15, 0.2) is 0 Å². The molecule has 96 valence electrons. The summed E-state index contributed by atoms with van der Waals surface area (Å²) in [7, 11) is 1.93. The fourth-order valence-electron chi connectivity index (χ4n) is 2.12. The van der Waals surface area contributed by atoms with E-state index in [0.29, 0.717) is 23.5 Å². The molecule has 1 unspecified atom stereocenters. The summed E-state index contributed by atoms with van der Waals surface area (Å²) in [5.41, 5.74) is 1.49. The molecule has 1 nitrogen and oxygen atoms in total. The van der Waals surface area contributed by atoms with E-state index in [1.54, 1.807) is 6.07 Å². The number of halogens is 2. The van der Waals surface area contributed by atoms with E-state index >= 15 is 0 Å². The van der Waals surface area contributed by atoms with Crippen LogP contribution < -0.4 is 4.90 Å². The summed E-state index contributed by atoms with van der Waals surface area (Å²) in [6, 6.07) is 5.37. The Morgan fingerprint density at radius 1 is 1.29 bits per heavy atom. The first-order valence-corrected chi connectivity index (χ1v) is 6.57. The van der Waals surface area contributed by atoms with Crippen molar-refractivity contribution in [1.82, 2.24) is 0 Å². The average Bonchev–Trinajstić information content (AvgIpc) is 2.26. The van der Waals surface area contributed by atoms with Crippen molar-refractivity contribution in [1.29, 1.82) is 0 Å². The lowest BCUT2D eigenvalue weighted by atomic mass is 10.0. The van der Waals surface area contributed by atoms with Crippen LogP contribution in [-0.2, 0) is 5.88 Å². The van der Waals surface area contributed by atoms with Crippen LogP contribution >= 0.6 is 11.6 Å². The van der Waals surface area contributed by atoms with E-state index in [1.807, 2.05) is 18.0 Å². The monoisotopic (exact) mass is 257 g/mol. The molecule has 0 aromatic heterocycles. The molecule has 0 bridgehead atoms. The van der Waals surface area contributed by atoms with E-state index in [0.717, 1.165) is 12.0 Å². The second-order valence-electron chi connectivity index (χ2n) is 4.97. The first kappa shape index (κ1) is 14.3. The molecule has 0 heterocycles. The van der Waals surface area contributed by atoms with Gasteiger partial charge in [-0.05, 0) is 30.9 Å². The van der Waals surface area contributed by atoms with Crippen molar-refractivity contribution in [2.75, 3.05) is 11.9 Å². The summed E-state index contributed by atoms with van der Waals surface area (Å²) in [6.07, 6.45) is 1.03. The summed E-state index contributed by atoms with van der Waals surface area (Å²) >= 11 is 5.87. The minimum absolute atomic E-state index is 0.193. The topological polar surface area (TPSA) is 3.24 Å². The molecule has 0 saturated carbocycles. The quantitative estimate of drug-likeness (QED) is 0.705. The van der Waals surface area contributed by atoms with Crippen molar-refractivity contribution < 1.29 is 4.39 Å². The van der Waals surface area contributed by atoms with Crippen LogP contribution in [0.3, 0.4) is 0 Å². The summed E-state index contributed by atoms with van der Waals surface area (Å²) in [6.45, 7) is 6.47. The number of para-hydroxylation sites is 1. The maximum Gasteiger partial charge on any atom is 0.146 e. The zero-order valence-electron chi connectivity index (χ0n) is 11.0. The van der Waals surface area contributed by atoms with E-state index in [-0.39, 0.29) is 5.82 Å². The van der Waals surface area contributed by atoms with E-state index in [1.165, 1.54) is 6.07 Å². The summed E-state index contributed by atoms with van der Waals surface area (Å²) in [5, 5.41) is 0. The molecule has 0 aliphatic heterocycles. The van der Waals surface area contributed by atoms with Gasteiger partial charge in [0.2, 0.25) is 0 Å². The number of nitrogens with zero attached hydrogens (tertiary/aromatic N) is 1. The van der Waals surface area contributed by atoms with Gasteiger partial charge in [0.25, 0.3) is 0 Å². The Hall–Kier alpha value is -0.760. The third-order valence-corrected chi connectivity index (χ3v) is 3.33. The van der Waals surface area contributed by atoms with Crippen molar-refractivity contribution >= 4 is 17.3 Å². The third-order valence-electron chi connectivity index (χ3n) is 3.04. The average molecular weight is 258 g/mol. The van der Waals surface area contributed by atoms with Gasteiger partial charge in [0.05, 0.1) is 5.69 Å². The second kappa shape index (κ2) is 6.25. The van der Waals surface area contributed by atoms with Crippen molar-refractivity contribution in [3.63, 3.8) is 0 Å². The standard InChI is InChI=1S/C14H21ClFN/c1-10(2)8-11(3)17(4)14-12(9-15)6-5-7-13(14)16/h5-7,10-11H,8-9H2,1-4H3. The van der Waals surface area contributed by atoms with Crippen molar-refractivity contribution in [2.24, 2.45) is 5.92 Å². The fourth-order valence-corrected chi connectivity index (χ4v) is 2.34. The summed E-state index contributed by atoms with van der Waals surface area (Å²) in [4.78, 5) is 1.99. The van der Waals surface area contributed by atoms with E-state index in [2.05, 4.69) is 20.8 Å². The molecule has 0 radical (unpaired) electrons. The molecule has 0 spiro atoms. The molecule has 0 saturated heterocycles. The van der Waals surface area contributed by atoms with Gasteiger partial charge in [-0.25, -0.2) is 4.39 Å². The molecule has 1 rings (SSSR count). The highest BCUT2D eigenvalue weighted by molar-refractivity contribution is 6.17. The van der Waals surface area contributed by atoms with E-state index < -0.39 is 0 Å². The fraction of sp³-hybridized carbons (Fsp3) is 0.571. The van der Waals surface area contributed by atoms with Crippen LogP contribution in [0.1, 0.15) is 32.8 Å². The highest BCUT2D eigenvalue weighted by Crippen LogP contribution is 2.27. The Labute approximate surface area is 109 Å². The van der Waals surface area contributed by atoms with Gasteiger partial charge < -0.3 is 4.90 Å². The number of hydrogen-bond donors (Lipinski definition) is 0. The Morgan fingerprint density at radius 2 is 1.94 bits per heavy atom. The zero-order valence-corrected chi connectivity index (χ0v) is 11.8. The predicted octanol–water partition coefficient (Wildman–Crippen LogP) is 4.44. The molecule has 1 atom stereocenters. The minimum Gasteiger partial charge on any atom is -0.369 e. The van der Waals surface area contributed by atoms with Crippen LogP contribution in [0, 0.1) is 11.7 Å². The van der Waals surface area contributed by atoms with Crippen LogP contribution in [0.2, 0.25) is 0 Å². The molecule has 17 heavy (non-hydrogen) atoms. The second-order valence-corrected chi connectivity index (χ2v) is 5.24. The largest absolute Gasteiger partial charge is 0.369 e. The Morgan fingerprint density at radius 3 is 2.47 bits per heavy atom.